The van der Waals surface area contributed by atoms with E-state index in [9.17, 15) is 9.90 Å². The van der Waals surface area contributed by atoms with Gasteiger partial charge in [-0.05, 0) is 43.4 Å². The molecule has 2 fully saturated rings. The zero-order valence-corrected chi connectivity index (χ0v) is 17.7. The van der Waals surface area contributed by atoms with E-state index in [0.29, 0.717) is 12.5 Å². The Morgan fingerprint density at radius 3 is 2.93 bits per heavy atom. The quantitative estimate of drug-likeness (QED) is 0.437. The number of hydrogen-bond donors (Lipinski definition) is 2. The Balaban J connectivity index is 1.41. The molecule has 1 unspecified atom stereocenters. The Labute approximate surface area is 173 Å². The first-order valence-electron chi connectivity index (χ1n) is 10.9. The van der Waals surface area contributed by atoms with E-state index in [1.54, 1.807) is 7.11 Å². The molecule has 1 aromatic carbocycles. The summed E-state index contributed by atoms with van der Waals surface area (Å²) in [5.41, 5.74) is 2.18. The Morgan fingerprint density at radius 2 is 2.14 bits per heavy atom. The number of ether oxygens (including phenoxy) is 2. The van der Waals surface area contributed by atoms with E-state index in [1.807, 2.05) is 18.2 Å². The molecule has 2 aliphatic carbocycles. The normalized spacial score (nSPS) is 36.1. The standard InChI is InChI=1S/C24H33NO4/c1-15-7-6-9-17-13-20-21(22(26)24(15,17)2)18(23(27)29-20)14-25-12-11-16-8-4-5-10-19(16)28-3/h4-5,8-10,15,18,20-22,25-26H,6-7,11-14H2,1-3H3/t15-,18?,20+,21+,22-,24+/m0/s1. The molecule has 1 saturated carbocycles. The number of para-hydroxylation sites is 1. The van der Waals surface area contributed by atoms with Crippen LogP contribution in [-0.2, 0) is 16.0 Å². The van der Waals surface area contributed by atoms with E-state index in [-0.39, 0.29) is 29.3 Å². The van der Waals surface area contributed by atoms with Gasteiger partial charge in [0.15, 0.2) is 0 Å². The van der Waals surface area contributed by atoms with Gasteiger partial charge in [-0.3, -0.25) is 4.79 Å². The molecule has 0 radical (unpaired) electrons. The first-order chi connectivity index (χ1) is 14.0. The lowest BCUT2D eigenvalue weighted by molar-refractivity contribution is -0.144. The molecule has 0 spiro atoms. The van der Waals surface area contributed by atoms with Crippen LogP contribution < -0.4 is 10.1 Å². The van der Waals surface area contributed by atoms with Crippen LogP contribution in [0, 0.1) is 23.2 Å². The van der Waals surface area contributed by atoms with Crippen molar-refractivity contribution >= 4 is 5.97 Å². The second-order valence-corrected chi connectivity index (χ2v) is 9.06. The summed E-state index contributed by atoms with van der Waals surface area (Å²) < 4.78 is 11.1. The van der Waals surface area contributed by atoms with Gasteiger partial charge in [0.1, 0.15) is 11.9 Å². The SMILES string of the molecule is COc1ccccc1CCNCC1C(=O)O[C@@H]2CC3=CCC[C@H](C)[C@@]3(C)[C@@H](O)[C@H]12. The van der Waals surface area contributed by atoms with E-state index >= 15 is 0 Å². The number of hydrogen-bond acceptors (Lipinski definition) is 5. The van der Waals surface area contributed by atoms with Gasteiger partial charge in [0.2, 0.25) is 0 Å². The number of aliphatic hydroxyl groups is 1. The molecule has 4 rings (SSSR count). The first kappa shape index (κ1) is 20.4. The minimum Gasteiger partial charge on any atom is -0.496 e. The van der Waals surface area contributed by atoms with E-state index < -0.39 is 6.10 Å². The van der Waals surface area contributed by atoms with Crippen LogP contribution >= 0.6 is 0 Å². The van der Waals surface area contributed by atoms with Crippen LogP contribution in [-0.4, -0.2) is 43.5 Å². The fourth-order valence-corrected chi connectivity index (χ4v) is 5.69. The molecule has 2 N–H and O–H groups in total. The van der Waals surface area contributed by atoms with Crippen molar-refractivity contribution in [2.24, 2.45) is 23.2 Å². The molecular weight excluding hydrogens is 366 g/mol. The number of allylic oxidation sites excluding steroid dienone is 1. The number of carbonyl (C=O) groups excluding carboxylic acids is 1. The van der Waals surface area contributed by atoms with E-state index in [0.717, 1.165) is 43.5 Å². The second kappa shape index (κ2) is 8.11. The van der Waals surface area contributed by atoms with E-state index in [2.05, 4.69) is 31.3 Å². The molecule has 3 aliphatic rings. The molecule has 5 heteroatoms. The lowest BCUT2D eigenvalue weighted by Gasteiger charge is -2.51. The number of aliphatic hydroxyl groups excluding tert-OH is 1. The van der Waals surface area contributed by atoms with Crippen LogP contribution in [0.3, 0.4) is 0 Å². The first-order valence-corrected chi connectivity index (χ1v) is 10.9. The van der Waals surface area contributed by atoms with Crippen molar-refractivity contribution < 1.29 is 19.4 Å². The smallest absolute Gasteiger partial charge is 0.311 e. The van der Waals surface area contributed by atoms with Crippen molar-refractivity contribution in [3.8, 4) is 5.75 Å². The van der Waals surface area contributed by atoms with Crippen LogP contribution in [0.5, 0.6) is 5.75 Å². The van der Waals surface area contributed by atoms with Gasteiger partial charge in [0, 0.05) is 24.3 Å². The molecular formula is C24H33NO4. The molecule has 5 nitrogen and oxygen atoms in total. The number of fused-ring (bicyclic) bond motifs is 2. The summed E-state index contributed by atoms with van der Waals surface area (Å²) in [4.78, 5) is 12.6. The Hall–Kier alpha value is -1.85. The third kappa shape index (κ3) is 3.49. The van der Waals surface area contributed by atoms with Gasteiger partial charge in [0.05, 0.1) is 19.1 Å². The molecule has 0 bridgehead atoms. The fourth-order valence-electron chi connectivity index (χ4n) is 5.69. The Bertz CT molecular complexity index is 791. The van der Waals surface area contributed by atoms with Gasteiger partial charge in [-0.2, -0.15) is 0 Å². The predicted octanol–water partition coefficient (Wildman–Crippen LogP) is 3.11. The fraction of sp³-hybridized carbons (Fsp3) is 0.625. The molecule has 0 aromatic heterocycles. The number of nitrogens with one attached hydrogen (secondary N) is 1. The highest BCUT2D eigenvalue weighted by Crippen LogP contribution is 2.55. The van der Waals surface area contributed by atoms with Crippen molar-refractivity contribution in [1.29, 1.82) is 0 Å². The van der Waals surface area contributed by atoms with E-state index in [4.69, 9.17) is 9.47 Å². The average Bonchev–Trinajstić information content (AvgIpc) is 3.03. The number of carbonyl (C=O) groups is 1. The topological polar surface area (TPSA) is 67.8 Å². The summed E-state index contributed by atoms with van der Waals surface area (Å²) in [6, 6.07) is 7.99. The van der Waals surface area contributed by atoms with Crippen LogP contribution in [0.25, 0.3) is 0 Å². The summed E-state index contributed by atoms with van der Waals surface area (Å²) in [7, 11) is 1.68. The minimum atomic E-state index is -0.546. The lowest BCUT2D eigenvalue weighted by Crippen LogP contribution is -2.54. The lowest BCUT2D eigenvalue weighted by atomic mass is 9.55. The maximum absolute atomic E-state index is 12.6. The van der Waals surface area contributed by atoms with Gasteiger partial charge in [-0.1, -0.05) is 43.7 Å². The van der Waals surface area contributed by atoms with Gasteiger partial charge in [-0.25, -0.2) is 0 Å². The minimum absolute atomic E-state index is 0.135. The van der Waals surface area contributed by atoms with Crippen LogP contribution in [0.1, 0.15) is 38.7 Å². The van der Waals surface area contributed by atoms with Crippen molar-refractivity contribution in [3.63, 3.8) is 0 Å². The van der Waals surface area contributed by atoms with Crippen LogP contribution in [0.15, 0.2) is 35.9 Å². The maximum atomic E-state index is 12.6. The zero-order valence-electron chi connectivity index (χ0n) is 17.7. The van der Waals surface area contributed by atoms with Crippen LogP contribution in [0.2, 0.25) is 0 Å². The van der Waals surface area contributed by atoms with Gasteiger partial charge >= 0.3 is 5.97 Å². The largest absolute Gasteiger partial charge is 0.496 e. The highest BCUT2D eigenvalue weighted by molar-refractivity contribution is 5.76. The van der Waals surface area contributed by atoms with Gasteiger partial charge in [0.25, 0.3) is 0 Å². The van der Waals surface area contributed by atoms with E-state index in [1.165, 1.54) is 5.57 Å². The van der Waals surface area contributed by atoms with Crippen molar-refractivity contribution in [1.82, 2.24) is 5.32 Å². The number of esters is 1. The average molecular weight is 400 g/mol. The summed E-state index contributed by atoms with van der Waals surface area (Å²) in [6.45, 7) is 5.69. The van der Waals surface area contributed by atoms with Gasteiger partial charge < -0.3 is 19.9 Å². The highest BCUT2D eigenvalue weighted by atomic mass is 16.6. The third-order valence-electron chi connectivity index (χ3n) is 7.70. The molecule has 158 valence electrons. The number of benzene rings is 1. The maximum Gasteiger partial charge on any atom is 0.311 e. The summed E-state index contributed by atoms with van der Waals surface area (Å²) in [5.74, 6) is 0.702. The summed E-state index contributed by atoms with van der Waals surface area (Å²) in [6.07, 6.45) is 5.27. The number of methoxy groups -OCH3 is 1. The molecule has 6 atom stereocenters. The molecule has 1 aromatic rings. The highest BCUT2D eigenvalue weighted by Gasteiger charge is 2.59. The Kier molecular flexibility index (Phi) is 5.71. The third-order valence-corrected chi connectivity index (χ3v) is 7.70. The van der Waals surface area contributed by atoms with Crippen molar-refractivity contribution in [3.05, 3.63) is 41.5 Å². The molecule has 29 heavy (non-hydrogen) atoms. The van der Waals surface area contributed by atoms with Crippen molar-refractivity contribution in [2.75, 3.05) is 20.2 Å². The number of rotatable bonds is 6. The molecule has 1 aliphatic heterocycles. The van der Waals surface area contributed by atoms with Crippen LogP contribution in [0.4, 0.5) is 0 Å². The molecule has 1 saturated heterocycles. The second-order valence-electron chi connectivity index (χ2n) is 9.06. The molecule has 1 heterocycles. The summed E-state index contributed by atoms with van der Waals surface area (Å²) >= 11 is 0. The van der Waals surface area contributed by atoms with Crippen molar-refractivity contribution in [2.45, 2.75) is 51.7 Å². The monoisotopic (exact) mass is 399 g/mol. The zero-order chi connectivity index (χ0) is 20.6. The predicted molar refractivity (Wildman–Crippen MR) is 112 cm³/mol. The Morgan fingerprint density at radius 1 is 1.34 bits per heavy atom. The molecule has 0 amide bonds. The van der Waals surface area contributed by atoms with Gasteiger partial charge in [-0.15, -0.1) is 0 Å². The summed E-state index contributed by atoms with van der Waals surface area (Å²) in [5, 5.41) is 14.8.